The summed E-state index contributed by atoms with van der Waals surface area (Å²) in [6, 6.07) is 4.82. The summed E-state index contributed by atoms with van der Waals surface area (Å²) in [5, 5.41) is 8.64. The molecule has 0 aliphatic heterocycles. The van der Waals surface area contributed by atoms with Crippen molar-refractivity contribution < 1.29 is 4.39 Å². The van der Waals surface area contributed by atoms with E-state index in [1.54, 1.807) is 17.5 Å². The van der Waals surface area contributed by atoms with Gasteiger partial charge in [-0.2, -0.15) is 0 Å². The minimum absolute atomic E-state index is 0.108. The molecule has 1 aromatic carbocycles. The maximum atomic E-state index is 13.4. The van der Waals surface area contributed by atoms with Crippen molar-refractivity contribution in [3.05, 3.63) is 40.1 Å². The molecular formula is C9H7ClFN3S. The summed E-state index contributed by atoms with van der Waals surface area (Å²) in [5.41, 5.74) is 1.15. The van der Waals surface area contributed by atoms with E-state index in [2.05, 4.69) is 14.9 Å². The maximum absolute atomic E-state index is 13.4. The third-order valence-corrected chi connectivity index (χ3v) is 2.66. The molecule has 0 unspecified atom stereocenters. The molecule has 1 N–H and O–H groups in total. The van der Waals surface area contributed by atoms with Gasteiger partial charge in [-0.05, 0) is 23.7 Å². The van der Waals surface area contributed by atoms with Gasteiger partial charge < -0.3 is 5.32 Å². The largest absolute Gasteiger partial charge is 0.377 e. The zero-order chi connectivity index (χ0) is 10.7. The van der Waals surface area contributed by atoms with Crippen LogP contribution in [-0.2, 0) is 6.54 Å². The van der Waals surface area contributed by atoms with Crippen molar-refractivity contribution in [1.29, 1.82) is 0 Å². The molecule has 78 valence electrons. The number of anilines is 1. The Balaban J connectivity index is 2.08. The van der Waals surface area contributed by atoms with Gasteiger partial charge in [-0.15, -0.1) is 5.10 Å². The Bertz CT molecular complexity index is 447. The van der Waals surface area contributed by atoms with Crippen molar-refractivity contribution in [2.45, 2.75) is 6.54 Å². The van der Waals surface area contributed by atoms with E-state index in [0.29, 0.717) is 12.2 Å². The molecule has 1 heterocycles. The highest BCUT2D eigenvalue weighted by atomic mass is 35.5. The molecular weight excluding hydrogens is 237 g/mol. The fourth-order valence-electron chi connectivity index (χ4n) is 1.09. The SMILES string of the molecule is Fc1c(Cl)cccc1NCc1csnn1. The number of nitrogens with one attached hydrogen (secondary N) is 1. The quantitative estimate of drug-likeness (QED) is 0.901. The van der Waals surface area contributed by atoms with Crippen LogP contribution in [0.25, 0.3) is 0 Å². The highest BCUT2D eigenvalue weighted by Crippen LogP contribution is 2.22. The predicted molar refractivity (Wildman–Crippen MR) is 58.6 cm³/mol. The molecule has 0 bridgehead atoms. The molecule has 2 aromatic rings. The molecule has 0 aliphatic carbocycles. The van der Waals surface area contributed by atoms with Crippen molar-refractivity contribution >= 4 is 28.8 Å². The van der Waals surface area contributed by atoms with Crippen LogP contribution in [0.1, 0.15) is 5.69 Å². The van der Waals surface area contributed by atoms with Crippen LogP contribution in [0.3, 0.4) is 0 Å². The molecule has 0 aliphatic rings. The molecule has 0 radical (unpaired) electrons. The van der Waals surface area contributed by atoms with E-state index in [1.165, 1.54) is 17.6 Å². The monoisotopic (exact) mass is 243 g/mol. The van der Waals surface area contributed by atoms with Crippen molar-refractivity contribution in [3.63, 3.8) is 0 Å². The summed E-state index contributed by atoms with van der Waals surface area (Å²) in [6.45, 7) is 0.438. The highest BCUT2D eigenvalue weighted by Gasteiger charge is 2.05. The molecule has 0 saturated carbocycles. The van der Waals surface area contributed by atoms with Gasteiger partial charge in [0, 0.05) is 5.38 Å². The van der Waals surface area contributed by atoms with Gasteiger partial charge in [0.25, 0.3) is 0 Å². The summed E-state index contributed by atoms with van der Waals surface area (Å²) >= 11 is 6.89. The molecule has 0 atom stereocenters. The zero-order valence-corrected chi connectivity index (χ0v) is 9.15. The average molecular weight is 244 g/mol. The molecule has 0 fully saturated rings. The van der Waals surface area contributed by atoms with Gasteiger partial charge in [-0.1, -0.05) is 22.2 Å². The molecule has 6 heteroatoms. The molecule has 2 rings (SSSR count). The fourth-order valence-corrected chi connectivity index (χ4v) is 1.71. The van der Waals surface area contributed by atoms with Gasteiger partial charge in [0.15, 0.2) is 5.82 Å². The van der Waals surface area contributed by atoms with Gasteiger partial charge in [0.2, 0.25) is 0 Å². The number of aromatic nitrogens is 2. The fraction of sp³-hybridized carbons (Fsp3) is 0.111. The number of hydrogen-bond donors (Lipinski definition) is 1. The topological polar surface area (TPSA) is 37.8 Å². The minimum atomic E-state index is -0.442. The van der Waals surface area contributed by atoms with Crippen LogP contribution in [0.5, 0.6) is 0 Å². The first kappa shape index (κ1) is 10.3. The molecule has 0 saturated heterocycles. The van der Waals surface area contributed by atoms with E-state index >= 15 is 0 Å². The van der Waals surface area contributed by atoms with E-state index in [4.69, 9.17) is 11.6 Å². The number of nitrogens with zero attached hydrogens (tertiary/aromatic N) is 2. The van der Waals surface area contributed by atoms with Crippen LogP contribution < -0.4 is 5.32 Å². The lowest BCUT2D eigenvalue weighted by Gasteiger charge is -2.05. The van der Waals surface area contributed by atoms with E-state index in [9.17, 15) is 4.39 Å². The van der Waals surface area contributed by atoms with Crippen LogP contribution in [0, 0.1) is 5.82 Å². The number of halogens is 2. The standard InChI is InChI=1S/C9H7ClFN3S/c10-7-2-1-3-8(9(7)11)12-4-6-5-15-14-13-6/h1-3,5,12H,4H2. The molecule has 3 nitrogen and oxygen atoms in total. The van der Waals surface area contributed by atoms with Gasteiger partial charge >= 0.3 is 0 Å². The minimum Gasteiger partial charge on any atom is -0.377 e. The maximum Gasteiger partial charge on any atom is 0.164 e. The lowest BCUT2D eigenvalue weighted by Crippen LogP contribution is -2.01. The zero-order valence-electron chi connectivity index (χ0n) is 7.58. The van der Waals surface area contributed by atoms with Crippen LogP contribution in [0.2, 0.25) is 5.02 Å². The average Bonchev–Trinajstić information content (AvgIpc) is 2.73. The second-order valence-corrected chi connectivity index (χ2v) is 3.87. The Morgan fingerprint density at radius 1 is 1.47 bits per heavy atom. The summed E-state index contributed by atoms with van der Waals surface area (Å²) in [6.07, 6.45) is 0. The van der Waals surface area contributed by atoms with E-state index in [0.717, 1.165) is 5.69 Å². The van der Waals surface area contributed by atoms with Crippen molar-refractivity contribution in [2.24, 2.45) is 0 Å². The molecule has 0 spiro atoms. The van der Waals surface area contributed by atoms with Gasteiger partial charge in [-0.3, -0.25) is 0 Å². The lowest BCUT2D eigenvalue weighted by atomic mass is 10.3. The number of rotatable bonds is 3. The van der Waals surface area contributed by atoms with Crippen molar-refractivity contribution in [1.82, 2.24) is 9.59 Å². The van der Waals surface area contributed by atoms with Crippen LogP contribution in [0.15, 0.2) is 23.6 Å². The van der Waals surface area contributed by atoms with E-state index < -0.39 is 5.82 Å². The Kier molecular flexibility index (Phi) is 3.13. The predicted octanol–water partition coefficient (Wildman–Crippen LogP) is 2.94. The molecule has 1 aromatic heterocycles. The van der Waals surface area contributed by atoms with Crippen molar-refractivity contribution in [2.75, 3.05) is 5.32 Å². The third-order valence-electron chi connectivity index (χ3n) is 1.82. The van der Waals surface area contributed by atoms with Crippen molar-refractivity contribution in [3.8, 4) is 0 Å². The molecule has 15 heavy (non-hydrogen) atoms. The van der Waals surface area contributed by atoms with Gasteiger partial charge in [0.1, 0.15) is 0 Å². The Morgan fingerprint density at radius 2 is 2.33 bits per heavy atom. The Hall–Kier alpha value is -1.20. The summed E-state index contributed by atoms with van der Waals surface area (Å²) in [7, 11) is 0. The smallest absolute Gasteiger partial charge is 0.164 e. The van der Waals surface area contributed by atoms with E-state index in [-0.39, 0.29) is 5.02 Å². The second kappa shape index (κ2) is 4.55. The van der Waals surface area contributed by atoms with E-state index in [1.807, 2.05) is 0 Å². The van der Waals surface area contributed by atoms with Gasteiger partial charge in [-0.25, -0.2) is 4.39 Å². The first-order valence-corrected chi connectivity index (χ1v) is 5.42. The molecule has 0 amide bonds. The highest BCUT2D eigenvalue weighted by molar-refractivity contribution is 7.03. The third kappa shape index (κ3) is 2.43. The summed E-state index contributed by atoms with van der Waals surface area (Å²) < 4.78 is 17.1. The van der Waals surface area contributed by atoms with Crippen LogP contribution >= 0.6 is 23.1 Å². The number of hydrogen-bond acceptors (Lipinski definition) is 4. The Morgan fingerprint density at radius 3 is 3.07 bits per heavy atom. The number of benzene rings is 1. The first-order chi connectivity index (χ1) is 7.27. The first-order valence-electron chi connectivity index (χ1n) is 4.21. The lowest BCUT2D eigenvalue weighted by molar-refractivity contribution is 0.630. The van der Waals surface area contributed by atoms with Gasteiger partial charge in [0.05, 0.1) is 22.9 Å². The van der Waals surface area contributed by atoms with Crippen LogP contribution in [0.4, 0.5) is 10.1 Å². The van der Waals surface area contributed by atoms with Crippen LogP contribution in [-0.4, -0.2) is 9.59 Å². The Labute approximate surface area is 95.1 Å². The summed E-state index contributed by atoms with van der Waals surface area (Å²) in [5.74, 6) is -0.442. The normalized spacial score (nSPS) is 10.3. The second-order valence-electron chi connectivity index (χ2n) is 2.85. The summed E-state index contributed by atoms with van der Waals surface area (Å²) in [4.78, 5) is 0.